The van der Waals surface area contributed by atoms with Crippen molar-refractivity contribution in [2.75, 3.05) is 0 Å². The highest BCUT2D eigenvalue weighted by Gasteiger charge is 2.28. The summed E-state index contributed by atoms with van der Waals surface area (Å²) in [7, 11) is 0. The average molecular weight is 392 g/mol. The van der Waals surface area contributed by atoms with Crippen molar-refractivity contribution in [3.63, 3.8) is 0 Å². The predicted molar refractivity (Wildman–Crippen MR) is 108 cm³/mol. The van der Waals surface area contributed by atoms with Crippen molar-refractivity contribution in [3.8, 4) is 5.00 Å². The molecule has 0 radical (unpaired) electrons. The van der Waals surface area contributed by atoms with Gasteiger partial charge in [-0.15, -0.1) is 16.4 Å². The topological polar surface area (TPSA) is 88.5 Å². The normalized spacial score (nSPS) is 16.3. The number of carbonyl (C=O) groups excluding carboxylic acids is 1. The molecule has 28 heavy (non-hydrogen) atoms. The maximum atomic E-state index is 13.3. The molecule has 0 aliphatic heterocycles. The number of carbonyl (C=O) groups is 1. The Balaban J connectivity index is 1.51. The van der Waals surface area contributed by atoms with Crippen molar-refractivity contribution in [1.82, 2.24) is 30.5 Å². The molecule has 0 fully saturated rings. The van der Waals surface area contributed by atoms with E-state index >= 15 is 0 Å². The van der Waals surface area contributed by atoms with Gasteiger partial charge in [0.05, 0.1) is 11.6 Å². The van der Waals surface area contributed by atoms with Gasteiger partial charge in [-0.3, -0.25) is 4.79 Å². The van der Waals surface area contributed by atoms with Crippen LogP contribution in [0.2, 0.25) is 0 Å². The van der Waals surface area contributed by atoms with Crippen LogP contribution >= 0.6 is 11.3 Å². The minimum atomic E-state index is -0.0798. The molecule has 1 aliphatic carbocycles. The molecule has 0 saturated heterocycles. The number of nitrogens with zero attached hydrogens (tertiary/aromatic N) is 4. The van der Waals surface area contributed by atoms with Crippen LogP contribution in [0.4, 0.5) is 0 Å². The van der Waals surface area contributed by atoms with Crippen molar-refractivity contribution in [2.24, 2.45) is 0 Å². The van der Waals surface area contributed by atoms with Gasteiger partial charge < -0.3 is 10.3 Å². The summed E-state index contributed by atoms with van der Waals surface area (Å²) in [6, 6.07) is 8.32. The molecule has 0 unspecified atom stereocenters. The number of H-pyrrole nitrogens is 1. The van der Waals surface area contributed by atoms with E-state index in [4.69, 9.17) is 0 Å². The number of benzene rings is 1. The molecule has 3 aromatic heterocycles. The second kappa shape index (κ2) is 6.56. The number of thiophene rings is 1. The van der Waals surface area contributed by atoms with Gasteiger partial charge in [0.1, 0.15) is 11.3 Å². The van der Waals surface area contributed by atoms with E-state index in [0.717, 1.165) is 45.9 Å². The second-order valence-corrected chi connectivity index (χ2v) is 8.40. The molecule has 0 saturated carbocycles. The number of rotatable bonds is 3. The number of tetrazole rings is 1. The third-order valence-electron chi connectivity index (χ3n) is 5.57. The number of hydrogen-bond acceptors (Lipinski definition) is 5. The first-order chi connectivity index (χ1) is 13.6. The van der Waals surface area contributed by atoms with Crippen LogP contribution in [-0.4, -0.2) is 31.1 Å². The van der Waals surface area contributed by atoms with Gasteiger partial charge in [-0.2, -0.15) is 4.68 Å². The van der Waals surface area contributed by atoms with Gasteiger partial charge in [0.2, 0.25) is 0 Å². The highest BCUT2D eigenvalue weighted by atomic mass is 32.1. The molecule has 4 aromatic rings. The van der Waals surface area contributed by atoms with Crippen molar-refractivity contribution < 1.29 is 4.79 Å². The average Bonchev–Trinajstić information content (AvgIpc) is 3.41. The molecule has 1 aliphatic rings. The van der Waals surface area contributed by atoms with Gasteiger partial charge in [0.15, 0.2) is 0 Å². The SMILES string of the molecule is Cc1sc(-n2cnnn2)c(C(=O)N[C@H]2CCCc3c2[nH]c2ccccc32)c1C. The fourth-order valence-electron chi connectivity index (χ4n) is 4.08. The number of aromatic nitrogens is 5. The molecule has 1 amide bonds. The van der Waals surface area contributed by atoms with Crippen molar-refractivity contribution >= 4 is 28.1 Å². The van der Waals surface area contributed by atoms with Gasteiger partial charge in [0.25, 0.3) is 5.91 Å². The lowest BCUT2D eigenvalue weighted by Gasteiger charge is -2.24. The Labute approximate surface area is 165 Å². The Bertz CT molecular complexity index is 1170. The summed E-state index contributed by atoms with van der Waals surface area (Å²) in [6.45, 7) is 3.99. The first-order valence-corrected chi connectivity index (χ1v) is 10.2. The van der Waals surface area contributed by atoms with Crippen LogP contribution in [0.1, 0.15) is 50.9 Å². The molecule has 2 N–H and O–H groups in total. The van der Waals surface area contributed by atoms with E-state index < -0.39 is 0 Å². The van der Waals surface area contributed by atoms with Crippen molar-refractivity contribution in [2.45, 2.75) is 39.2 Å². The molecular formula is C20H20N6OS. The smallest absolute Gasteiger partial charge is 0.255 e. The summed E-state index contributed by atoms with van der Waals surface area (Å²) in [5.74, 6) is -0.0798. The van der Waals surface area contributed by atoms with E-state index in [1.807, 2.05) is 19.9 Å². The van der Waals surface area contributed by atoms with E-state index in [2.05, 4.69) is 44.0 Å². The summed E-state index contributed by atoms with van der Waals surface area (Å²) in [4.78, 5) is 17.9. The predicted octanol–water partition coefficient (Wildman–Crippen LogP) is 3.63. The van der Waals surface area contributed by atoms with Crippen LogP contribution < -0.4 is 5.32 Å². The number of aromatic amines is 1. The Hall–Kier alpha value is -3.00. The lowest BCUT2D eigenvalue weighted by atomic mass is 9.91. The summed E-state index contributed by atoms with van der Waals surface area (Å²) in [5, 5.41) is 16.7. The number of nitrogens with one attached hydrogen (secondary N) is 2. The largest absolute Gasteiger partial charge is 0.356 e. The molecular weight excluding hydrogens is 372 g/mol. The van der Waals surface area contributed by atoms with Gasteiger partial charge in [-0.1, -0.05) is 18.2 Å². The maximum Gasteiger partial charge on any atom is 0.255 e. The standard InChI is InChI=1S/C20H20N6OS/c1-11-12(2)28-20(26-10-21-24-25-26)17(11)19(27)23-16-9-5-7-14-13-6-3-4-8-15(13)22-18(14)16/h3-4,6,8,10,16,22H,5,7,9H2,1-2H3,(H,23,27)/t16-/m0/s1. The maximum absolute atomic E-state index is 13.3. The van der Waals surface area contributed by atoms with Crippen LogP contribution in [0, 0.1) is 13.8 Å². The number of fused-ring (bicyclic) bond motifs is 3. The lowest BCUT2D eigenvalue weighted by Crippen LogP contribution is -2.31. The zero-order valence-corrected chi connectivity index (χ0v) is 16.5. The number of amides is 1. The van der Waals surface area contributed by atoms with Crippen LogP contribution in [0.3, 0.4) is 0 Å². The van der Waals surface area contributed by atoms with Crippen molar-refractivity contribution in [1.29, 1.82) is 0 Å². The van der Waals surface area contributed by atoms with Gasteiger partial charge in [-0.05, 0) is 60.7 Å². The second-order valence-electron chi connectivity index (χ2n) is 7.20. The first-order valence-electron chi connectivity index (χ1n) is 9.37. The van der Waals surface area contributed by atoms with Crippen molar-refractivity contribution in [3.05, 3.63) is 57.9 Å². The molecule has 8 heteroatoms. The minimum absolute atomic E-state index is 0.0232. The number of aryl methyl sites for hydroxylation is 2. The molecule has 7 nitrogen and oxygen atoms in total. The zero-order chi connectivity index (χ0) is 19.3. The Morgan fingerprint density at radius 2 is 2.18 bits per heavy atom. The molecule has 0 spiro atoms. The van der Waals surface area contributed by atoms with E-state index in [9.17, 15) is 4.79 Å². The molecule has 5 rings (SSSR count). The fraction of sp³-hybridized carbons (Fsp3) is 0.300. The third-order valence-corrected chi connectivity index (χ3v) is 6.77. The van der Waals surface area contributed by atoms with Gasteiger partial charge in [-0.25, -0.2) is 0 Å². The molecule has 142 valence electrons. The Morgan fingerprint density at radius 1 is 1.32 bits per heavy atom. The van der Waals surface area contributed by atoms with Crippen LogP contribution in [0.5, 0.6) is 0 Å². The Morgan fingerprint density at radius 3 is 3.00 bits per heavy atom. The number of para-hydroxylation sites is 1. The molecule has 1 aromatic carbocycles. The highest BCUT2D eigenvalue weighted by Crippen LogP contribution is 2.36. The monoisotopic (exact) mass is 392 g/mol. The highest BCUT2D eigenvalue weighted by molar-refractivity contribution is 7.15. The summed E-state index contributed by atoms with van der Waals surface area (Å²) < 4.78 is 1.56. The van der Waals surface area contributed by atoms with Crippen LogP contribution in [0.25, 0.3) is 15.9 Å². The fourth-order valence-corrected chi connectivity index (χ4v) is 5.15. The quantitative estimate of drug-likeness (QED) is 0.557. The zero-order valence-electron chi connectivity index (χ0n) is 15.7. The summed E-state index contributed by atoms with van der Waals surface area (Å²) >= 11 is 1.53. The van der Waals surface area contributed by atoms with Gasteiger partial charge in [0, 0.05) is 21.5 Å². The van der Waals surface area contributed by atoms with Gasteiger partial charge >= 0.3 is 0 Å². The summed E-state index contributed by atoms with van der Waals surface area (Å²) in [6.07, 6.45) is 4.55. The summed E-state index contributed by atoms with van der Waals surface area (Å²) in [5.41, 5.74) is 5.21. The molecule has 0 bridgehead atoms. The third kappa shape index (κ3) is 2.63. The van der Waals surface area contributed by atoms with Crippen LogP contribution in [-0.2, 0) is 6.42 Å². The van der Waals surface area contributed by atoms with E-state index in [0.29, 0.717) is 5.56 Å². The van der Waals surface area contributed by atoms with E-state index in [1.54, 1.807) is 4.68 Å². The molecule has 1 atom stereocenters. The van der Waals surface area contributed by atoms with Crippen LogP contribution in [0.15, 0.2) is 30.6 Å². The first kappa shape index (κ1) is 17.1. The lowest BCUT2D eigenvalue weighted by molar-refractivity contribution is 0.0931. The minimum Gasteiger partial charge on any atom is -0.356 e. The van der Waals surface area contributed by atoms with E-state index in [-0.39, 0.29) is 11.9 Å². The molecule has 3 heterocycles. The van der Waals surface area contributed by atoms with E-state index in [1.165, 1.54) is 28.6 Å². The number of hydrogen-bond donors (Lipinski definition) is 2. The Kier molecular flexibility index (Phi) is 4.01.